The largest absolute Gasteiger partial charge is 0.394 e. The van der Waals surface area contributed by atoms with Gasteiger partial charge in [0, 0.05) is 25.2 Å². The molecule has 1 amide bonds. The van der Waals surface area contributed by atoms with E-state index in [-0.39, 0.29) is 13.0 Å². The number of rotatable bonds is 5. The molecule has 0 saturated carbocycles. The fourth-order valence-electron chi connectivity index (χ4n) is 2.35. The number of ether oxygens (including phenoxy) is 1. The second kappa shape index (κ2) is 7.68. The lowest BCUT2D eigenvalue weighted by molar-refractivity contribution is -0.253. The van der Waals surface area contributed by atoms with Gasteiger partial charge in [-0.2, -0.15) is 0 Å². The average molecular weight is 345 g/mol. The molecule has 134 valence electrons. The number of hydrogen-bond donors (Lipinski definition) is 6. The molecule has 0 bridgehead atoms. The van der Waals surface area contributed by atoms with Crippen LogP contribution in [-0.4, -0.2) is 73.1 Å². The van der Waals surface area contributed by atoms with E-state index in [4.69, 9.17) is 9.84 Å². The zero-order valence-corrected chi connectivity index (χ0v) is 12.5. The van der Waals surface area contributed by atoms with E-state index in [2.05, 4.69) is 5.32 Å². The number of nitrogens with zero attached hydrogens (tertiary/aromatic N) is 1. The van der Waals surface area contributed by atoms with E-state index in [9.17, 15) is 29.7 Å². The molecule has 11 heteroatoms. The first-order chi connectivity index (χ1) is 11.3. The number of aromatic amines is 1. The van der Waals surface area contributed by atoms with Crippen molar-refractivity contribution in [3.63, 3.8) is 0 Å². The van der Waals surface area contributed by atoms with Gasteiger partial charge in [0.15, 0.2) is 6.29 Å². The van der Waals surface area contributed by atoms with Gasteiger partial charge >= 0.3 is 5.69 Å². The molecule has 5 atom stereocenters. The Hall–Kier alpha value is -2.05. The molecule has 11 nitrogen and oxygen atoms in total. The van der Waals surface area contributed by atoms with E-state index in [1.54, 1.807) is 0 Å². The first-order valence-corrected chi connectivity index (χ1v) is 7.23. The Balaban J connectivity index is 1.94. The molecule has 0 aliphatic carbocycles. The van der Waals surface area contributed by atoms with E-state index in [1.807, 2.05) is 4.98 Å². The number of carbonyl (C=O) groups excluding carboxylic acids is 1. The van der Waals surface area contributed by atoms with Crippen molar-refractivity contribution in [2.24, 2.45) is 0 Å². The van der Waals surface area contributed by atoms with Crippen LogP contribution in [0.25, 0.3) is 0 Å². The second-order valence-corrected chi connectivity index (χ2v) is 5.38. The van der Waals surface area contributed by atoms with Gasteiger partial charge in [0.25, 0.3) is 5.56 Å². The summed E-state index contributed by atoms with van der Waals surface area (Å²) in [5.74, 6) is -0.616. The van der Waals surface area contributed by atoms with Crippen LogP contribution in [0.2, 0.25) is 0 Å². The summed E-state index contributed by atoms with van der Waals surface area (Å²) >= 11 is 0. The maximum atomic E-state index is 11.9. The lowest BCUT2D eigenvalue weighted by atomic mass is 9.97. The summed E-state index contributed by atoms with van der Waals surface area (Å²) in [5.41, 5.74) is -1.23. The lowest BCUT2D eigenvalue weighted by Crippen LogP contribution is -2.64. The van der Waals surface area contributed by atoms with Gasteiger partial charge in [0.1, 0.15) is 24.4 Å². The van der Waals surface area contributed by atoms with Gasteiger partial charge in [-0.05, 0) is 0 Å². The summed E-state index contributed by atoms with van der Waals surface area (Å²) in [6.07, 6.45) is -4.74. The van der Waals surface area contributed by atoms with Crippen LogP contribution in [-0.2, 0) is 16.1 Å². The van der Waals surface area contributed by atoms with Crippen molar-refractivity contribution < 1.29 is 30.0 Å². The van der Waals surface area contributed by atoms with Gasteiger partial charge in [0.05, 0.1) is 6.61 Å². The first-order valence-electron chi connectivity index (χ1n) is 7.23. The fraction of sp³-hybridized carbons (Fsp3) is 0.615. The highest BCUT2D eigenvalue weighted by Crippen LogP contribution is 2.19. The smallest absolute Gasteiger partial charge is 0.328 e. The molecule has 1 aromatic heterocycles. The van der Waals surface area contributed by atoms with E-state index < -0.39 is 54.4 Å². The molecule has 1 aliphatic rings. The highest BCUT2D eigenvalue weighted by Gasteiger charge is 2.44. The normalized spacial score (nSPS) is 30.1. The summed E-state index contributed by atoms with van der Waals surface area (Å²) in [7, 11) is 0. The molecule has 24 heavy (non-hydrogen) atoms. The number of amides is 1. The van der Waals surface area contributed by atoms with Crippen molar-refractivity contribution in [2.75, 3.05) is 6.61 Å². The van der Waals surface area contributed by atoms with Crippen molar-refractivity contribution in [1.29, 1.82) is 0 Å². The molecule has 6 N–H and O–H groups in total. The molecular formula is C13H19N3O8. The summed E-state index contributed by atoms with van der Waals surface area (Å²) in [6, 6.07) is -0.157. The Kier molecular flexibility index (Phi) is 5.85. The molecule has 1 aromatic rings. The number of aliphatic hydroxyl groups excluding tert-OH is 4. The van der Waals surface area contributed by atoms with Gasteiger partial charge in [-0.3, -0.25) is 14.6 Å². The van der Waals surface area contributed by atoms with Crippen molar-refractivity contribution in [3.05, 3.63) is 33.1 Å². The average Bonchev–Trinajstić information content (AvgIpc) is 2.54. The van der Waals surface area contributed by atoms with Crippen LogP contribution in [0.5, 0.6) is 0 Å². The number of carbonyl (C=O) groups is 1. The maximum Gasteiger partial charge on any atom is 0.328 e. The molecule has 3 unspecified atom stereocenters. The van der Waals surface area contributed by atoms with E-state index in [1.165, 1.54) is 6.20 Å². The van der Waals surface area contributed by atoms with E-state index >= 15 is 0 Å². The molecule has 0 radical (unpaired) electrons. The van der Waals surface area contributed by atoms with Gasteiger partial charge in [-0.1, -0.05) is 0 Å². The third-order valence-electron chi connectivity index (χ3n) is 3.70. The topological polar surface area (TPSA) is 174 Å². The number of hydrogen-bond acceptors (Lipinski definition) is 8. The van der Waals surface area contributed by atoms with Crippen molar-refractivity contribution in [3.8, 4) is 0 Å². The van der Waals surface area contributed by atoms with Crippen LogP contribution in [0.15, 0.2) is 21.9 Å². The van der Waals surface area contributed by atoms with Crippen LogP contribution < -0.4 is 16.6 Å². The van der Waals surface area contributed by atoms with Crippen molar-refractivity contribution >= 4 is 5.91 Å². The van der Waals surface area contributed by atoms with Gasteiger partial charge in [-0.25, -0.2) is 4.79 Å². The third kappa shape index (κ3) is 4.07. The van der Waals surface area contributed by atoms with Gasteiger partial charge < -0.3 is 35.0 Å². The summed E-state index contributed by atoms with van der Waals surface area (Å²) < 4.78 is 6.03. The predicted octanol–water partition coefficient (Wildman–Crippen LogP) is -4.16. The SMILES string of the molecule is O=C(CCn1ccc(=O)[nH]c1=O)NC1C(O)O[C@H](CO)C(O)[C@@H]1O. The molecule has 0 aromatic carbocycles. The molecule has 1 saturated heterocycles. The second-order valence-electron chi connectivity index (χ2n) is 5.38. The Morgan fingerprint density at radius 1 is 1.29 bits per heavy atom. The molecule has 0 spiro atoms. The minimum absolute atomic E-state index is 0.0387. The third-order valence-corrected chi connectivity index (χ3v) is 3.70. The highest BCUT2D eigenvalue weighted by atomic mass is 16.6. The van der Waals surface area contributed by atoms with E-state index in [0.29, 0.717) is 0 Å². The van der Waals surface area contributed by atoms with Crippen LogP contribution in [0, 0.1) is 0 Å². The first kappa shape index (κ1) is 18.3. The standard InChI is InChI=1S/C13H19N3O8/c17-5-6-10(20)11(21)9(12(22)24-6)14-7(18)1-3-16-4-2-8(19)15-13(16)23/h2,4,6,9-12,17,20-22H,1,3,5H2,(H,14,18)(H,15,19,23)/t6-,9?,10?,11-,12?/m1/s1. The highest BCUT2D eigenvalue weighted by molar-refractivity contribution is 5.76. The fourth-order valence-corrected chi connectivity index (χ4v) is 2.35. The summed E-state index contributed by atoms with van der Waals surface area (Å²) in [6.45, 7) is -0.645. The van der Waals surface area contributed by atoms with Crippen LogP contribution in [0.3, 0.4) is 0 Å². The quantitative estimate of drug-likeness (QED) is 0.312. The Morgan fingerprint density at radius 2 is 2.00 bits per heavy atom. The van der Waals surface area contributed by atoms with Gasteiger partial charge in [-0.15, -0.1) is 0 Å². The molecule has 2 heterocycles. The number of aliphatic hydroxyl groups is 4. The number of aryl methyl sites for hydroxylation is 1. The molecule has 1 fully saturated rings. The minimum Gasteiger partial charge on any atom is -0.394 e. The predicted molar refractivity (Wildman–Crippen MR) is 77.8 cm³/mol. The zero-order valence-electron chi connectivity index (χ0n) is 12.5. The summed E-state index contributed by atoms with van der Waals surface area (Å²) in [5, 5.41) is 40.7. The minimum atomic E-state index is -1.61. The van der Waals surface area contributed by atoms with Crippen LogP contribution >= 0.6 is 0 Å². The van der Waals surface area contributed by atoms with Crippen molar-refractivity contribution in [2.45, 2.75) is 43.6 Å². The monoisotopic (exact) mass is 345 g/mol. The Morgan fingerprint density at radius 3 is 2.62 bits per heavy atom. The number of aromatic nitrogens is 2. The summed E-state index contributed by atoms with van der Waals surface area (Å²) in [4.78, 5) is 36.4. The van der Waals surface area contributed by atoms with E-state index in [0.717, 1.165) is 10.6 Å². The molecule has 2 rings (SSSR count). The Labute approximate surface area is 135 Å². The number of H-pyrrole nitrogens is 1. The lowest BCUT2D eigenvalue weighted by Gasteiger charge is -2.40. The van der Waals surface area contributed by atoms with Crippen LogP contribution in [0.1, 0.15) is 6.42 Å². The molecule has 1 aliphatic heterocycles. The molecular weight excluding hydrogens is 326 g/mol. The number of nitrogens with one attached hydrogen (secondary N) is 2. The maximum absolute atomic E-state index is 11.9. The van der Waals surface area contributed by atoms with Crippen LogP contribution in [0.4, 0.5) is 0 Å². The van der Waals surface area contributed by atoms with Gasteiger partial charge in [0.2, 0.25) is 5.91 Å². The Bertz CT molecular complexity index is 686. The van der Waals surface area contributed by atoms with Crippen molar-refractivity contribution in [1.82, 2.24) is 14.9 Å². The zero-order chi connectivity index (χ0) is 17.9.